The number of carbonyl (C=O) groups is 2. The predicted octanol–water partition coefficient (Wildman–Crippen LogP) is 6.01. The Balaban J connectivity index is 2.25. The number of carboxylic acids is 1. The van der Waals surface area contributed by atoms with Crippen LogP contribution in [0.3, 0.4) is 0 Å². The van der Waals surface area contributed by atoms with Gasteiger partial charge in [-0.2, -0.15) is 0 Å². The predicted molar refractivity (Wildman–Crippen MR) is 132 cm³/mol. The van der Waals surface area contributed by atoms with Crippen LogP contribution in [0.25, 0.3) is 0 Å². The molecule has 0 saturated heterocycles. The Morgan fingerprint density at radius 3 is 2.31 bits per heavy atom. The largest absolute Gasteiger partial charge is 0.478 e. The summed E-state index contributed by atoms with van der Waals surface area (Å²) in [7, 11) is 0. The van der Waals surface area contributed by atoms with Crippen molar-refractivity contribution in [1.29, 1.82) is 0 Å². The van der Waals surface area contributed by atoms with Gasteiger partial charge >= 0.3 is 5.97 Å². The summed E-state index contributed by atoms with van der Waals surface area (Å²) in [5.41, 5.74) is 0.689. The molecule has 5 nitrogen and oxygen atoms in total. The van der Waals surface area contributed by atoms with E-state index in [-0.39, 0.29) is 16.4 Å². The van der Waals surface area contributed by atoms with Crippen LogP contribution < -0.4 is 10.6 Å². The van der Waals surface area contributed by atoms with Crippen molar-refractivity contribution < 1.29 is 14.7 Å². The average molecular weight is 789 g/mol. The zero-order valence-corrected chi connectivity index (χ0v) is 22.3. The third-order valence-electron chi connectivity index (χ3n) is 2.99. The third-order valence-corrected chi connectivity index (χ3v) is 7.35. The molecule has 2 aromatic carbocycles. The lowest BCUT2D eigenvalue weighted by Gasteiger charge is -2.15. The highest BCUT2D eigenvalue weighted by Crippen LogP contribution is 2.31. The SMILES string of the molecule is O=C(NC(=S)Nc1c(Br)cc(Br)cc1C(=O)O)c1cc(I)cc(I)c1Br. The molecule has 0 aliphatic heterocycles. The molecule has 0 saturated carbocycles. The lowest BCUT2D eigenvalue weighted by molar-refractivity contribution is 0.0697. The fourth-order valence-electron chi connectivity index (χ4n) is 1.91. The fourth-order valence-corrected chi connectivity index (χ4v) is 5.68. The molecule has 0 spiro atoms. The number of anilines is 1. The van der Waals surface area contributed by atoms with Crippen molar-refractivity contribution in [2.75, 3.05) is 5.32 Å². The van der Waals surface area contributed by atoms with E-state index in [1.165, 1.54) is 6.07 Å². The molecule has 0 bridgehead atoms. The standard InChI is InChI=1S/C15H7Br3I2N2O3S/c16-5-1-8(14(24)25)12(9(17)2-5)21-15(26)22-13(23)7-3-6(19)4-10(20)11(7)18/h1-4H,(H,24,25)(H2,21,22,23,26). The second-order valence-electron chi connectivity index (χ2n) is 4.77. The number of benzene rings is 2. The maximum Gasteiger partial charge on any atom is 0.337 e. The van der Waals surface area contributed by atoms with Crippen molar-refractivity contribution in [3.63, 3.8) is 0 Å². The van der Waals surface area contributed by atoms with Gasteiger partial charge in [0.2, 0.25) is 0 Å². The maximum absolute atomic E-state index is 12.5. The molecule has 0 fully saturated rings. The van der Waals surface area contributed by atoms with E-state index in [0.717, 1.165) is 7.14 Å². The molecule has 11 heteroatoms. The van der Waals surface area contributed by atoms with Gasteiger partial charge in [-0.25, -0.2) is 4.79 Å². The zero-order chi connectivity index (χ0) is 19.6. The molecule has 2 rings (SSSR count). The summed E-state index contributed by atoms with van der Waals surface area (Å²) < 4.78 is 3.55. The molecule has 0 aliphatic rings. The number of amides is 1. The number of hydrogen-bond acceptors (Lipinski definition) is 3. The van der Waals surface area contributed by atoms with Crippen LogP contribution in [0, 0.1) is 7.14 Å². The minimum Gasteiger partial charge on any atom is -0.478 e. The molecule has 0 aromatic heterocycles. The number of nitrogens with one attached hydrogen (secondary N) is 2. The monoisotopic (exact) mass is 786 g/mol. The molecule has 0 aliphatic carbocycles. The summed E-state index contributed by atoms with van der Waals surface area (Å²) in [5, 5.41) is 14.7. The first-order chi connectivity index (χ1) is 12.1. The van der Waals surface area contributed by atoms with Gasteiger partial charge in [-0.1, -0.05) is 15.9 Å². The van der Waals surface area contributed by atoms with Gasteiger partial charge < -0.3 is 10.4 Å². The maximum atomic E-state index is 12.5. The molecule has 0 heterocycles. The van der Waals surface area contributed by atoms with Gasteiger partial charge in [0.15, 0.2) is 5.11 Å². The number of hydrogen-bond donors (Lipinski definition) is 3. The fraction of sp³-hybridized carbons (Fsp3) is 0. The van der Waals surface area contributed by atoms with Crippen molar-refractivity contribution in [3.8, 4) is 0 Å². The first-order valence-corrected chi connectivity index (χ1v) is 11.5. The van der Waals surface area contributed by atoms with Crippen molar-refractivity contribution in [2.45, 2.75) is 0 Å². The Morgan fingerprint density at radius 2 is 1.69 bits per heavy atom. The molecule has 26 heavy (non-hydrogen) atoms. The normalized spacial score (nSPS) is 10.3. The minimum atomic E-state index is -1.13. The topological polar surface area (TPSA) is 78.4 Å². The molecule has 3 N–H and O–H groups in total. The van der Waals surface area contributed by atoms with Gasteiger partial charge in [-0.05, 0) is 114 Å². The lowest BCUT2D eigenvalue weighted by Crippen LogP contribution is -2.35. The summed E-state index contributed by atoms with van der Waals surface area (Å²) in [5.74, 6) is -1.53. The number of rotatable bonds is 3. The molecule has 0 unspecified atom stereocenters. The molecule has 0 atom stereocenters. The van der Waals surface area contributed by atoms with E-state index in [1.54, 1.807) is 12.1 Å². The van der Waals surface area contributed by atoms with Crippen LogP contribution in [0.15, 0.2) is 37.7 Å². The Bertz CT molecular complexity index is 941. The molecular weight excluding hydrogens is 782 g/mol. The van der Waals surface area contributed by atoms with Crippen LogP contribution in [0.2, 0.25) is 0 Å². The van der Waals surface area contributed by atoms with Crippen molar-refractivity contribution in [1.82, 2.24) is 5.32 Å². The number of aromatic carboxylic acids is 1. The van der Waals surface area contributed by atoms with E-state index in [4.69, 9.17) is 12.2 Å². The van der Waals surface area contributed by atoms with Gasteiger partial charge in [0, 0.05) is 20.6 Å². The van der Waals surface area contributed by atoms with Crippen LogP contribution in [0.4, 0.5) is 5.69 Å². The third kappa shape index (κ3) is 5.59. The van der Waals surface area contributed by atoms with Crippen molar-refractivity contribution in [3.05, 3.63) is 56.0 Å². The van der Waals surface area contributed by atoms with E-state index < -0.39 is 11.9 Å². The van der Waals surface area contributed by atoms with E-state index in [2.05, 4.69) is 104 Å². The summed E-state index contributed by atoms with van der Waals surface area (Å²) in [6.07, 6.45) is 0. The Kier molecular flexibility index (Phi) is 8.28. The zero-order valence-electron chi connectivity index (χ0n) is 12.4. The quantitative estimate of drug-likeness (QED) is 0.202. The van der Waals surface area contributed by atoms with Gasteiger partial charge in [-0.15, -0.1) is 0 Å². The molecule has 2 aromatic rings. The van der Waals surface area contributed by atoms with Crippen LogP contribution in [0.5, 0.6) is 0 Å². The Labute approximate surface area is 206 Å². The molecule has 0 radical (unpaired) electrons. The highest BCUT2D eigenvalue weighted by Gasteiger charge is 2.18. The number of thiocarbonyl (C=S) groups is 1. The van der Waals surface area contributed by atoms with Crippen LogP contribution in [0.1, 0.15) is 20.7 Å². The average Bonchev–Trinajstić information content (AvgIpc) is 2.52. The highest BCUT2D eigenvalue weighted by atomic mass is 127. The van der Waals surface area contributed by atoms with E-state index >= 15 is 0 Å². The molecule has 136 valence electrons. The summed E-state index contributed by atoms with van der Waals surface area (Å²) in [4.78, 5) is 24.0. The Morgan fingerprint density at radius 1 is 1.04 bits per heavy atom. The smallest absolute Gasteiger partial charge is 0.337 e. The van der Waals surface area contributed by atoms with E-state index in [9.17, 15) is 14.7 Å². The molecular formula is C15H7Br3I2N2O3S. The first kappa shape index (κ1) is 22.5. The first-order valence-electron chi connectivity index (χ1n) is 6.59. The number of carbonyl (C=O) groups excluding carboxylic acids is 1. The van der Waals surface area contributed by atoms with Gasteiger partial charge in [-0.3, -0.25) is 10.1 Å². The van der Waals surface area contributed by atoms with Gasteiger partial charge in [0.05, 0.1) is 16.8 Å². The van der Waals surface area contributed by atoms with Crippen LogP contribution >= 0.6 is 105 Å². The van der Waals surface area contributed by atoms with Crippen LogP contribution in [-0.4, -0.2) is 22.1 Å². The van der Waals surface area contributed by atoms with Crippen molar-refractivity contribution in [2.24, 2.45) is 0 Å². The van der Waals surface area contributed by atoms with E-state index in [0.29, 0.717) is 19.0 Å². The summed E-state index contributed by atoms with van der Waals surface area (Å²) >= 11 is 19.4. The van der Waals surface area contributed by atoms with E-state index in [1.807, 2.05) is 6.07 Å². The second kappa shape index (κ2) is 9.58. The number of carboxylic acid groups (broad SMARTS) is 1. The van der Waals surface area contributed by atoms with Gasteiger partial charge in [0.1, 0.15) is 0 Å². The molecule has 1 amide bonds. The summed E-state index contributed by atoms with van der Waals surface area (Å²) in [6, 6.07) is 6.77. The highest BCUT2D eigenvalue weighted by molar-refractivity contribution is 14.1. The Hall–Kier alpha value is 0.170. The lowest BCUT2D eigenvalue weighted by atomic mass is 10.2. The van der Waals surface area contributed by atoms with Crippen molar-refractivity contribution >= 4 is 128 Å². The van der Waals surface area contributed by atoms with Crippen LogP contribution in [-0.2, 0) is 0 Å². The van der Waals surface area contributed by atoms with Gasteiger partial charge in [0.25, 0.3) is 5.91 Å². The minimum absolute atomic E-state index is 0.00726. The number of halogens is 5. The second-order valence-corrected chi connectivity index (χ2v) is 10.2. The summed E-state index contributed by atoms with van der Waals surface area (Å²) in [6.45, 7) is 0.